The maximum Gasteiger partial charge on any atom is 0.261 e. The number of likely N-dealkylation sites (tertiary alicyclic amines) is 1. The molecule has 3 aliphatic rings. The van der Waals surface area contributed by atoms with Crippen LogP contribution in [-0.2, 0) is 14.3 Å². The van der Waals surface area contributed by atoms with Gasteiger partial charge in [-0.05, 0) is 25.0 Å². The monoisotopic (exact) mass is 385 g/mol. The molecule has 0 aromatic heterocycles. The number of carbonyl (C=O) groups is 4. The number of amides is 4. The topological polar surface area (TPSA) is 87.2 Å². The van der Waals surface area contributed by atoms with E-state index in [4.69, 9.17) is 4.74 Å². The molecule has 2 fully saturated rings. The van der Waals surface area contributed by atoms with Crippen LogP contribution in [-0.4, -0.2) is 83.8 Å². The molecule has 4 amide bonds. The number of benzene rings is 1. The Morgan fingerprint density at radius 2 is 1.64 bits per heavy atom. The highest BCUT2D eigenvalue weighted by molar-refractivity contribution is 6.21. The van der Waals surface area contributed by atoms with Crippen LogP contribution in [0, 0.1) is 0 Å². The molecule has 148 valence electrons. The van der Waals surface area contributed by atoms with Crippen molar-refractivity contribution < 1.29 is 23.9 Å². The van der Waals surface area contributed by atoms with Crippen LogP contribution in [0.1, 0.15) is 40.0 Å². The van der Waals surface area contributed by atoms with Gasteiger partial charge in [-0.25, -0.2) is 0 Å². The Labute approximate surface area is 163 Å². The molecule has 3 aliphatic heterocycles. The van der Waals surface area contributed by atoms with Gasteiger partial charge in [0.2, 0.25) is 11.8 Å². The predicted octanol–water partition coefficient (Wildman–Crippen LogP) is 0.522. The first-order chi connectivity index (χ1) is 13.6. The van der Waals surface area contributed by atoms with Crippen LogP contribution in [0.2, 0.25) is 0 Å². The van der Waals surface area contributed by atoms with Crippen LogP contribution < -0.4 is 0 Å². The van der Waals surface area contributed by atoms with Crippen molar-refractivity contribution in [3.05, 3.63) is 35.4 Å². The van der Waals surface area contributed by atoms with Gasteiger partial charge in [0.1, 0.15) is 6.04 Å². The van der Waals surface area contributed by atoms with Gasteiger partial charge >= 0.3 is 0 Å². The van der Waals surface area contributed by atoms with Gasteiger partial charge < -0.3 is 14.5 Å². The normalized spacial score (nSPS) is 22.0. The van der Waals surface area contributed by atoms with E-state index in [1.807, 2.05) is 0 Å². The molecular weight excluding hydrogens is 362 g/mol. The third kappa shape index (κ3) is 3.28. The maximum atomic E-state index is 12.8. The second-order valence-electron chi connectivity index (χ2n) is 7.24. The summed E-state index contributed by atoms with van der Waals surface area (Å²) in [5, 5.41) is 0. The Balaban J connectivity index is 1.38. The molecule has 8 heteroatoms. The minimum atomic E-state index is -0.451. The molecule has 3 heterocycles. The van der Waals surface area contributed by atoms with Gasteiger partial charge in [-0.3, -0.25) is 24.1 Å². The molecule has 28 heavy (non-hydrogen) atoms. The molecule has 0 radical (unpaired) electrons. The quantitative estimate of drug-likeness (QED) is 0.706. The molecular formula is C20H23N3O5. The summed E-state index contributed by atoms with van der Waals surface area (Å²) >= 11 is 0. The molecule has 8 nitrogen and oxygen atoms in total. The summed E-state index contributed by atoms with van der Waals surface area (Å²) in [7, 11) is 0. The maximum absolute atomic E-state index is 12.8. The first-order valence-corrected chi connectivity index (χ1v) is 9.69. The smallest absolute Gasteiger partial charge is 0.261 e. The molecule has 1 aromatic rings. The summed E-state index contributed by atoms with van der Waals surface area (Å²) in [6.45, 7) is 2.69. The fraction of sp³-hybridized carbons (Fsp3) is 0.500. The first-order valence-electron chi connectivity index (χ1n) is 9.69. The van der Waals surface area contributed by atoms with Crippen LogP contribution >= 0.6 is 0 Å². The summed E-state index contributed by atoms with van der Waals surface area (Å²) in [5.74, 6) is -0.956. The molecule has 1 atom stereocenters. The predicted molar refractivity (Wildman–Crippen MR) is 98.6 cm³/mol. The largest absolute Gasteiger partial charge is 0.378 e. The van der Waals surface area contributed by atoms with Crippen LogP contribution in [0.3, 0.4) is 0 Å². The number of carbonyl (C=O) groups excluding carboxylic acids is 4. The lowest BCUT2D eigenvalue weighted by atomic mass is 10.1. The van der Waals surface area contributed by atoms with Crippen LogP contribution in [0.25, 0.3) is 0 Å². The fourth-order valence-electron chi connectivity index (χ4n) is 4.11. The average molecular weight is 385 g/mol. The van der Waals surface area contributed by atoms with E-state index in [9.17, 15) is 19.2 Å². The minimum absolute atomic E-state index is 0.0262. The number of rotatable bonds is 4. The Kier molecular flexibility index (Phi) is 5.13. The van der Waals surface area contributed by atoms with Crippen LogP contribution in [0.4, 0.5) is 0 Å². The number of nitrogens with zero attached hydrogens (tertiary/aromatic N) is 3. The number of fused-ring (bicyclic) bond motifs is 1. The molecule has 0 saturated carbocycles. The zero-order chi connectivity index (χ0) is 19.7. The molecule has 1 aromatic carbocycles. The highest BCUT2D eigenvalue weighted by Crippen LogP contribution is 2.24. The molecule has 0 N–H and O–H groups in total. The van der Waals surface area contributed by atoms with Gasteiger partial charge in [0.05, 0.1) is 24.3 Å². The Morgan fingerprint density at radius 1 is 1.00 bits per heavy atom. The average Bonchev–Trinajstić information content (AvgIpc) is 3.31. The Bertz CT molecular complexity index is 783. The highest BCUT2D eigenvalue weighted by atomic mass is 16.5. The Morgan fingerprint density at radius 3 is 2.29 bits per heavy atom. The third-order valence-electron chi connectivity index (χ3n) is 5.61. The fourth-order valence-corrected chi connectivity index (χ4v) is 4.11. The zero-order valence-electron chi connectivity index (χ0n) is 15.6. The molecule has 0 unspecified atom stereocenters. The van der Waals surface area contributed by atoms with E-state index < -0.39 is 6.04 Å². The van der Waals surface area contributed by atoms with Gasteiger partial charge in [0.15, 0.2) is 0 Å². The number of ether oxygens (including phenoxy) is 1. The van der Waals surface area contributed by atoms with Crippen molar-refractivity contribution in [2.24, 2.45) is 0 Å². The standard InChI is InChI=1S/C20H23N3O5/c24-17(7-9-23-18(25)14-4-1-2-5-15(14)19(23)26)22-8-3-6-16(22)20(27)21-10-12-28-13-11-21/h1-2,4-5,16H,3,6-13H2/t16-/m0/s1. The molecule has 0 spiro atoms. The summed E-state index contributed by atoms with van der Waals surface area (Å²) in [6, 6.07) is 6.21. The third-order valence-corrected chi connectivity index (χ3v) is 5.61. The zero-order valence-corrected chi connectivity index (χ0v) is 15.6. The van der Waals surface area contributed by atoms with E-state index in [-0.39, 0.29) is 36.6 Å². The van der Waals surface area contributed by atoms with Gasteiger partial charge in [-0.1, -0.05) is 12.1 Å². The summed E-state index contributed by atoms with van der Waals surface area (Å²) in [4.78, 5) is 54.9. The second-order valence-corrected chi connectivity index (χ2v) is 7.24. The number of hydrogen-bond donors (Lipinski definition) is 0. The first kappa shape index (κ1) is 18.6. The molecule has 0 bridgehead atoms. The number of hydrogen-bond acceptors (Lipinski definition) is 5. The highest BCUT2D eigenvalue weighted by Gasteiger charge is 2.39. The van der Waals surface area contributed by atoms with Crippen molar-refractivity contribution in [2.75, 3.05) is 39.4 Å². The molecule has 0 aliphatic carbocycles. The van der Waals surface area contributed by atoms with Crippen LogP contribution in [0.5, 0.6) is 0 Å². The van der Waals surface area contributed by atoms with Crippen molar-refractivity contribution in [2.45, 2.75) is 25.3 Å². The Hall–Kier alpha value is -2.74. The van der Waals surface area contributed by atoms with E-state index in [0.29, 0.717) is 50.4 Å². The molecule has 4 rings (SSSR count). The van der Waals surface area contributed by atoms with Gasteiger partial charge in [0.25, 0.3) is 11.8 Å². The van der Waals surface area contributed by atoms with Crippen molar-refractivity contribution >= 4 is 23.6 Å². The van der Waals surface area contributed by atoms with Gasteiger partial charge in [0, 0.05) is 32.6 Å². The summed E-state index contributed by atoms with van der Waals surface area (Å²) in [6.07, 6.45) is 1.45. The van der Waals surface area contributed by atoms with Gasteiger partial charge in [-0.2, -0.15) is 0 Å². The minimum Gasteiger partial charge on any atom is -0.378 e. The van der Waals surface area contributed by atoms with Crippen molar-refractivity contribution in [1.29, 1.82) is 0 Å². The van der Waals surface area contributed by atoms with Crippen molar-refractivity contribution in [3.8, 4) is 0 Å². The van der Waals surface area contributed by atoms with Crippen molar-refractivity contribution in [1.82, 2.24) is 14.7 Å². The van der Waals surface area contributed by atoms with E-state index in [2.05, 4.69) is 0 Å². The van der Waals surface area contributed by atoms with Crippen molar-refractivity contribution in [3.63, 3.8) is 0 Å². The van der Waals surface area contributed by atoms with Gasteiger partial charge in [-0.15, -0.1) is 0 Å². The van der Waals surface area contributed by atoms with E-state index in [0.717, 1.165) is 11.3 Å². The summed E-state index contributed by atoms with van der Waals surface area (Å²) < 4.78 is 5.29. The molecule has 2 saturated heterocycles. The lowest BCUT2D eigenvalue weighted by molar-refractivity contribution is -0.146. The lowest BCUT2D eigenvalue weighted by Crippen LogP contribution is -2.51. The SMILES string of the molecule is O=C([C@@H]1CCCN1C(=O)CCN1C(=O)c2ccccc2C1=O)N1CCOCC1. The summed E-state index contributed by atoms with van der Waals surface area (Å²) in [5.41, 5.74) is 0.753. The lowest BCUT2D eigenvalue weighted by Gasteiger charge is -2.32. The van der Waals surface area contributed by atoms with Crippen LogP contribution in [0.15, 0.2) is 24.3 Å². The second kappa shape index (κ2) is 7.71. The van der Waals surface area contributed by atoms with E-state index >= 15 is 0 Å². The number of imide groups is 1. The number of morpholine rings is 1. The van der Waals surface area contributed by atoms with E-state index in [1.165, 1.54) is 0 Å². The van der Waals surface area contributed by atoms with E-state index in [1.54, 1.807) is 34.1 Å².